The molecular weight excluding hydrogens is 254 g/mol. The number of nitrogens with one attached hydrogen (secondary N) is 2. The molecule has 1 aliphatic heterocycles. The molecule has 0 spiro atoms. The molecule has 2 heterocycles. The van der Waals surface area contributed by atoms with E-state index in [0.717, 1.165) is 11.7 Å². The highest BCUT2D eigenvalue weighted by atomic mass is 35.5. The maximum Gasteiger partial charge on any atom is 0.322 e. The summed E-state index contributed by atoms with van der Waals surface area (Å²) >= 11 is 0.983. The molecule has 1 atom stereocenters. The second-order valence-corrected chi connectivity index (χ2v) is 3.74. The highest BCUT2D eigenvalue weighted by molar-refractivity contribution is 6.99. The van der Waals surface area contributed by atoms with Gasteiger partial charge >= 0.3 is 6.03 Å². The molecule has 7 nitrogen and oxygen atoms in total. The Morgan fingerprint density at radius 3 is 2.50 bits per heavy atom. The second-order valence-electron chi connectivity index (χ2n) is 3.22. The third-order valence-corrected chi connectivity index (χ3v) is 2.92. The van der Waals surface area contributed by atoms with E-state index in [1.54, 1.807) is 6.92 Å². The molecule has 0 aliphatic carbocycles. The Labute approximate surface area is 102 Å². The Bertz CT molecular complexity index is 436. The molecule has 0 unspecified atom stereocenters. The molecule has 0 bridgehead atoms. The Kier molecular flexibility index (Phi) is 3.46. The van der Waals surface area contributed by atoms with Crippen LogP contribution in [-0.2, 0) is 10.3 Å². The van der Waals surface area contributed by atoms with Gasteiger partial charge in [-0.1, -0.05) is 0 Å². The second kappa shape index (κ2) is 4.32. The van der Waals surface area contributed by atoms with E-state index >= 15 is 0 Å². The minimum atomic E-state index is -1.26. The van der Waals surface area contributed by atoms with Crippen LogP contribution in [0, 0.1) is 6.92 Å². The van der Waals surface area contributed by atoms with Gasteiger partial charge in [0.25, 0.3) is 5.91 Å². The van der Waals surface area contributed by atoms with E-state index in [9.17, 15) is 9.59 Å². The highest BCUT2D eigenvalue weighted by Crippen LogP contribution is 2.24. The van der Waals surface area contributed by atoms with E-state index < -0.39 is 17.5 Å². The number of urea groups is 1. The van der Waals surface area contributed by atoms with Crippen LogP contribution in [0.1, 0.15) is 11.4 Å². The molecule has 88 valence electrons. The molecule has 0 saturated carbocycles. The first-order valence-electron chi connectivity index (χ1n) is 4.23. The average molecular weight is 264 g/mol. The first kappa shape index (κ1) is 12.8. The van der Waals surface area contributed by atoms with E-state index in [1.807, 2.05) is 0 Å². The van der Waals surface area contributed by atoms with Gasteiger partial charge in [0.2, 0.25) is 0 Å². The van der Waals surface area contributed by atoms with Crippen molar-refractivity contribution in [2.75, 3.05) is 6.54 Å². The monoisotopic (exact) mass is 263 g/mol. The molecule has 1 aromatic rings. The van der Waals surface area contributed by atoms with Crippen LogP contribution in [0.3, 0.4) is 0 Å². The number of rotatable bonds is 2. The SMILES string of the molecule is Cc1nsnc1[C@@]1(CN)NC(=O)NC1=O.Cl. The van der Waals surface area contributed by atoms with E-state index in [-0.39, 0.29) is 19.0 Å². The Hall–Kier alpha value is -1.25. The summed E-state index contributed by atoms with van der Waals surface area (Å²) in [5, 5.41) is 4.63. The van der Waals surface area contributed by atoms with E-state index in [0.29, 0.717) is 11.4 Å². The lowest BCUT2D eigenvalue weighted by Crippen LogP contribution is -2.50. The smallest absolute Gasteiger partial charge is 0.322 e. The summed E-state index contributed by atoms with van der Waals surface area (Å²) in [5.74, 6) is -0.481. The fourth-order valence-corrected chi connectivity index (χ4v) is 2.14. The number of aryl methyl sites for hydroxylation is 1. The zero-order valence-electron chi connectivity index (χ0n) is 8.31. The fraction of sp³-hybridized carbons (Fsp3) is 0.429. The van der Waals surface area contributed by atoms with Crippen LogP contribution in [-0.4, -0.2) is 27.2 Å². The van der Waals surface area contributed by atoms with Crippen molar-refractivity contribution < 1.29 is 9.59 Å². The van der Waals surface area contributed by atoms with Crippen molar-refractivity contribution in [1.82, 2.24) is 19.4 Å². The lowest BCUT2D eigenvalue weighted by atomic mass is 9.94. The molecular formula is C7H10ClN5O2S. The summed E-state index contributed by atoms with van der Waals surface area (Å²) in [6, 6.07) is -0.558. The number of aromatic nitrogens is 2. The van der Waals surface area contributed by atoms with Gasteiger partial charge in [0.05, 0.1) is 17.4 Å². The van der Waals surface area contributed by atoms with Gasteiger partial charge < -0.3 is 11.1 Å². The van der Waals surface area contributed by atoms with E-state index in [4.69, 9.17) is 5.73 Å². The van der Waals surface area contributed by atoms with Crippen LogP contribution >= 0.6 is 24.1 Å². The van der Waals surface area contributed by atoms with Crippen LogP contribution in [0.5, 0.6) is 0 Å². The van der Waals surface area contributed by atoms with Gasteiger partial charge in [-0.3, -0.25) is 10.1 Å². The van der Waals surface area contributed by atoms with Crippen molar-refractivity contribution in [1.29, 1.82) is 0 Å². The third kappa shape index (κ3) is 1.64. The Morgan fingerprint density at radius 1 is 1.44 bits per heavy atom. The topological polar surface area (TPSA) is 110 Å². The Morgan fingerprint density at radius 2 is 2.12 bits per heavy atom. The number of hydrogen-bond donors (Lipinski definition) is 3. The van der Waals surface area contributed by atoms with Gasteiger partial charge in [0.15, 0.2) is 5.54 Å². The highest BCUT2D eigenvalue weighted by Gasteiger charge is 2.49. The van der Waals surface area contributed by atoms with Gasteiger partial charge in [-0.2, -0.15) is 8.75 Å². The standard InChI is InChI=1S/C7H9N5O2S.ClH/c1-3-4(12-15-11-3)7(2-8)5(13)9-6(14)10-7;/h2,8H2,1H3,(H2,9,10,13,14);1H/t7-;/m1./s1. The van der Waals surface area contributed by atoms with Gasteiger partial charge in [-0.05, 0) is 6.92 Å². The number of carbonyl (C=O) groups excluding carboxylic acids is 2. The zero-order valence-corrected chi connectivity index (χ0v) is 9.94. The number of amides is 3. The molecule has 4 N–H and O–H groups in total. The lowest BCUT2D eigenvalue weighted by molar-refractivity contribution is -0.124. The number of hydrogen-bond acceptors (Lipinski definition) is 6. The van der Waals surface area contributed by atoms with Crippen molar-refractivity contribution in [3.05, 3.63) is 11.4 Å². The number of carbonyl (C=O) groups is 2. The summed E-state index contributed by atoms with van der Waals surface area (Å²) in [6.45, 7) is 1.67. The molecule has 16 heavy (non-hydrogen) atoms. The molecule has 1 aromatic heterocycles. The summed E-state index contributed by atoms with van der Waals surface area (Å²) in [4.78, 5) is 22.7. The maximum atomic E-state index is 11.7. The van der Waals surface area contributed by atoms with E-state index in [2.05, 4.69) is 19.4 Å². The van der Waals surface area contributed by atoms with Crippen LogP contribution in [0.4, 0.5) is 4.79 Å². The predicted molar refractivity (Wildman–Crippen MR) is 59.3 cm³/mol. The third-order valence-electron chi connectivity index (χ3n) is 2.30. The number of imide groups is 1. The van der Waals surface area contributed by atoms with Crippen molar-refractivity contribution in [3.8, 4) is 0 Å². The quantitative estimate of drug-likeness (QED) is 0.609. The Balaban J connectivity index is 0.00000128. The van der Waals surface area contributed by atoms with Crippen molar-refractivity contribution in [3.63, 3.8) is 0 Å². The van der Waals surface area contributed by atoms with E-state index in [1.165, 1.54) is 0 Å². The van der Waals surface area contributed by atoms with Crippen LogP contribution in [0.25, 0.3) is 0 Å². The lowest BCUT2D eigenvalue weighted by Gasteiger charge is -2.21. The molecule has 9 heteroatoms. The molecule has 0 radical (unpaired) electrons. The van der Waals surface area contributed by atoms with Crippen molar-refractivity contribution in [2.24, 2.45) is 5.73 Å². The minimum Gasteiger partial charge on any atom is -0.327 e. The molecule has 1 fully saturated rings. The number of nitrogens with two attached hydrogens (primary N) is 1. The van der Waals surface area contributed by atoms with Crippen molar-refractivity contribution in [2.45, 2.75) is 12.5 Å². The first-order chi connectivity index (χ1) is 7.10. The van der Waals surface area contributed by atoms with Crippen molar-refractivity contribution >= 4 is 36.1 Å². The molecule has 3 amide bonds. The van der Waals surface area contributed by atoms with Crippen LogP contribution in [0.2, 0.25) is 0 Å². The van der Waals surface area contributed by atoms with Gasteiger partial charge in [-0.25, -0.2) is 4.79 Å². The summed E-state index contributed by atoms with van der Waals surface area (Å²) in [7, 11) is 0. The molecule has 1 aliphatic rings. The number of nitrogens with zero attached hydrogens (tertiary/aromatic N) is 2. The zero-order chi connectivity index (χ0) is 11.1. The fourth-order valence-electron chi connectivity index (χ4n) is 1.52. The predicted octanol–water partition coefficient (Wildman–Crippen LogP) is -0.738. The van der Waals surface area contributed by atoms with Crippen LogP contribution in [0.15, 0.2) is 0 Å². The van der Waals surface area contributed by atoms with Crippen LogP contribution < -0.4 is 16.4 Å². The molecule has 1 saturated heterocycles. The van der Waals surface area contributed by atoms with Gasteiger partial charge in [0.1, 0.15) is 5.69 Å². The minimum absolute atomic E-state index is 0. The normalized spacial score (nSPS) is 23.6. The first-order valence-corrected chi connectivity index (χ1v) is 4.96. The molecule has 2 rings (SSSR count). The van der Waals surface area contributed by atoms with Gasteiger partial charge in [-0.15, -0.1) is 12.4 Å². The molecule has 0 aromatic carbocycles. The summed E-state index contributed by atoms with van der Waals surface area (Å²) < 4.78 is 7.96. The average Bonchev–Trinajstić information content (AvgIpc) is 2.71. The summed E-state index contributed by atoms with van der Waals surface area (Å²) in [6.07, 6.45) is 0. The summed E-state index contributed by atoms with van der Waals surface area (Å²) in [5.41, 5.74) is 5.30. The van der Waals surface area contributed by atoms with Gasteiger partial charge in [0, 0.05) is 6.54 Å². The maximum absolute atomic E-state index is 11.7. The largest absolute Gasteiger partial charge is 0.327 e. The number of halogens is 1.